The maximum absolute atomic E-state index is 11.6. The predicted molar refractivity (Wildman–Crippen MR) is 143 cm³/mol. The summed E-state index contributed by atoms with van der Waals surface area (Å²) in [5, 5.41) is 27.6. The van der Waals surface area contributed by atoms with Gasteiger partial charge in [-0.2, -0.15) is 0 Å². The van der Waals surface area contributed by atoms with E-state index in [9.17, 15) is 15.2 Å². The largest absolute Gasteiger partial charge is 0.492 e. The quantitative estimate of drug-likeness (QED) is 0.126. The van der Waals surface area contributed by atoms with E-state index in [2.05, 4.69) is 16.4 Å². The van der Waals surface area contributed by atoms with Gasteiger partial charge in [0.2, 0.25) is 0 Å². The topological polar surface area (TPSA) is 110 Å². The molecule has 5 rings (SSSR count). The molecule has 1 aromatic heterocycles. The maximum Gasteiger partial charge on any atom is 0.311 e. The number of aliphatic hydroxyl groups is 1. The van der Waals surface area contributed by atoms with Gasteiger partial charge in [-0.1, -0.05) is 54.6 Å². The normalized spacial score (nSPS) is 12.0. The first-order chi connectivity index (χ1) is 18.1. The van der Waals surface area contributed by atoms with Crippen LogP contribution in [0.15, 0.2) is 91.0 Å². The minimum atomic E-state index is -0.912. The van der Waals surface area contributed by atoms with Crippen LogP contribution in [-0.4, -0.2) is 34.7 Å². The molecule has 0 spiro atoms. The Hall–Kier alpha value is -4.40. The Morgan fingerprint density at radius 2 is 1.68 bits per heavy atom. The number of aromatic amines is 1. The van der Waals surface area contributed by atoms with E-state index in [-0.39, 0.29) is 24.6 Å². The van der Waals surface area contributed by atoms with E-state index in [1.165, 1.54) is 17.5 Å². The Morgan fingerprint density at radius 1 is 0.892 bits per heavy atom. The van der Waals surface area contributed by atoms with Crippen molar-refractivity contribution in [1.29, 1.82) is 0 Å². The van der Waals surface area contributed by atoms with Gasteiger partial charge in [0.15, 0.2) is 5.75 Å². The monoisotopic (exact) mass is 497 g/mol. The summed E-state index contributed by atoms with van der Waals surface area (Å²) in [6, 6.07) is 28.1. The molecule has 0 bridgehead atoms. The smallest absolute Gasteiger partial charge is 0.311 e. The van der Waals surface area contributed by atoms with E-state index in [1.807, 2.05) is 66.7 Å². The molecule has 1 atom stereocenters. The van der Waals surface area contributed by atoms with Crippen LogP contribution in [-0.2, 0) is 6.61 Å². The molecule has 8 heteroatoms. The van der Waals surface area contributed by atoms with E-state index in [1.54, 1.807) is 6.07 Å². The highest BCUT2D eigenvalue weighted by Gasteiger charge is 2.19. The van der Waals surface area contributed by atoms with Crippen molar-refractivity contribution in [3.63, 3.8) is 0 Å². The van der Waals surface area contributed by atoms with Gasteiger partial charge in [0.25, 0.3) is 0 Å². The van der Waals surface area contributed by atoms with Crippen molar-refractivity contribution in [2.75, 3.05) is 19.7 Å². The molecule has 0 saturated carbocycles. The van der Waals surface area contributed by atoms with E-state index >= 15 is 0 Å². The number of aromatic nitrogens is 1. The van der Waals surface area contributed by atoms with Crippen LogP contribution in [0.3, 0.4) is 0 Å². The fraction of sp³-hybridized carbons (Fsp3) is 0.172. The van der Waals surface area contributed by atoms with Gasteiger partial charge in [-0.15, -0.1) is 0 Å². The van der Waals surface area contributed by atoms with Crippen LogP contribution in [0.4, 0.5) is 5.69 Å². The van der Waals surface area contributed by atoms with Crippen LogP contribution < -0.4 is 14.8 Å². The third-order valence-electron chi connectivity index (χ3n) is 6.16. The SMILES string of the molecule is O=[N+]([O-])c1cc(C(O)CNCCOc2ccc3c(c2)[nH]c2ccccc23)ccc1OCc1ccccc1. The molecule has 4 aromatic carbocycles. The zero-order valence-electron chi connectivity index (χ0n) is 20.1. The molecule has 1 unspecified atom stereocenters. The second kappa shape index (κ2) is 11.1. The summed E-state index contributed by atoms with van der Waals surface area (Å²) >= 11 is 0. The minimum absolute atomic E-state index is 0.165. The number of para-hydroxylation sites is 1. The zero-order valence-corrected chi connectivity index (χ0v) is 20.1. The summed E-state index contributed by atoms with van der Waals surface area (Å²) in [4.78, 5) is 14.5. The van der Waals surface area contributed by atoms with Crippen molar-refractivity contribution >= 4 is 27.5 Å². The van der Waals surface area contributed by atoms with Crippen LogP contribution in [0.1, 0.15) is 17.2 Å². The molecular weight excluding hydrogens is 470 g/mol. The molecule has 0 amide bonds. The summed E-state index contributed by atoms with van der Waals surface area (Å²) in [5.74, 6) is 0.918. The number of rotatable bonds is 11. The Bertz CT molecular complexity index is 1520. The summed E-state index contributed by atoms with van der Waals surface area (Å²) in [6.45, 7) is 1.36. The highest BCUT2D eigenvalue weighted by atomic mass is 16.6. The lowest BCUT2D eigenvalue weighted by atomic mass is 10.1. The van der Waals surface area contributed by atoms with Gasteiger partial charge in [-0.3, -0.25) is 10.1 Å². The molecule has 0 aliphatic heterocycles. The molecule has 37 heavy (non-hydrogen) atoms. The lowest BCUT2D eigenvalue weighted by Gasteiger charge is -2.14. The van der Waals surface area contributed by atoms with Crippen molar-refractivity contribution in [1.82, 2.24) is 10.3 Å². The van der Waals surface area contributed by atoms with Crippen molar-refractivity contribution in [2.45, 2.75) is 12.7 Å². The van der Waals surface area contributed by atoms with E-state index < -0.39 is 11.0 Å². The molecule has 0 fully saturated rings. The fourth-order valence-electron chi connectivity index (χ4n) is 4.26. The summed E-state index contributed by atoms with van der Waals surface area (Å²) in [6.07, 6.45) is -0.912. The lowest BCUT2D eigenvalue weighted by Crippen LogP contribution is -2.26. The number of fused-ring (bicyclic) bond motifs is 3. The first-order valence-electron chi connectivity index (χ1n) is 12.1. The molecule has 0 aliphatic carbocycles. The number of nitro groups is 1. The number of ether oxygens (including phenoxy) is 2. The second-order valence-corrected chi connectivity index (χ2v) is 8.70. The van der Waals surface area contributed by atoms with Crippen LogP contribution in [0, 0.1) is 10.1 Å². The second-order valence-electron chi connectivity index (χ2n) is 8.70. The molecule has 0 radical (unpaired) electrons. The Morgan fingerprint density at radius 3 is 2.51 bits per heavy atom. The number of nitrogens with one attached hydrogen (secondary N) is 2. The highest BCUT2D eigenvalue weighted by Crippen LogP contribution is 2.31. The van der Waals surface area contributed by atoms with E-state index in [0.29, 0.717) is 18.7 Å². The highest BCUT2D eigenvalue weighted by molar-refractivity contribution is 6.07. The Labute approximate surface area is 213 Å². The number of aliphatic hydroxyl groups excluding tert-OH is 1. The zero-order chi connectivity index (χ0) is 25.6. The average molecular weight is 498 g/mol. The number of hydrogen-bond donors (Lipinski definition) is 3. The third-order valence-corrected chi connectivity index (χ3v) is 6.16. The van der Waals surface area contributed by atoms with Gasteiger partial charge in [0, 0.05) is 41.5 Å². The number of nitro benzene ring substituents is 1. The molecule has 0 saturated heterocycles. The Kier molecular flexibility index (Phi) is 7.30. The van der Waals surface area contributed by atoms with Crippen molar-refractivity contribution in [3.05, 3.63) is 112 Å². The van der Waals surface area contributed by atoms with Crippen molar-refractivity contribution < 1.29 is 19.5 Å². The van der Waals surface area contributed by atoms with E-state index in [0.717, 1.165) is 27.7 Å². The fourth-order valence-corrected chi connectivity index (χ4v) is 4.26. The van der Waals surface area contributed by atoms with Crippen molar-refractivity contribution in [2.24, 2.45) is 0 Å². The molecule has 8 nitrogen and oxygen atoms in total. The number of nitrogens with zero attached hydrogens (tertiary/aromatic N) is 1. The first-order valence-corrected chi connectivity index (χ1v) is 12.1. The number of hydrogen-bond acceptors (Lipinski definition) is 6. The predicted octanol–water partition coefficient (Wildman–Crippen LogP) is 5.51. The summed E-state index contributed by atoms with van der Waals surface area (Å²) in [7, 11) is 0. The first kappa shape index (κ1) is 24.3. The molecule has 0 aliphatic rings. The van der Waals surface area contributed by atoms with Crippen LogP contribution in [0.25, 0.3) is 21.8 Å². The summed E-state index contributed by atoms with van der Waals surface area (Å²) in [5.41, 5.74) is 3.27. The number of H-pyrrole nitrogens is 1. The Balaban J connectivity index is 1.12. The van der Waals surface area contributed by atoms with Crippen LogP contribution >= 0.6 is 0 Å². The van der Waals surface area contributed by atoms with Gasteiger partial charge in [-0.25, -0.2) is 0 Å². The molecule has 5 aromatic rings. The lowest BCUT2D eigenvalue weighted by molar-refractivity contribution is -0.386. The molecule has 1 heterocycles. The summed E-state index contributed by atoms with van der Waals surface area (Å²) < 4.78 is 11.5. The third kappa shape index (κ3) is 5.72. The average Bonchev–Trinajstić information content (AvgIpc) is 3.30. The van der Waals surface area contributed by atoms with Gasteiger partial charge in [0.1, 0.15) is 19.0 Å². The molecular formula is C29H27N3O5. The van der Waals surface area contributed by atoms with Crippen molar-refractivity contribution in [3.8, 4) is 11.5 Å². The van der Waals surface area contributed by atoms with Crippen LogP contribution in [0.5, 0.6) is 11.5 Å². The maximum atomic E-state index is 11.6. The van der Waals surface area contributed by atoms with Crippen LogP contribution in [0.2, 0.25) is 0 Å². The van der Waals surface area contributed by atoms with Gasteiger partial charge >= 0.3 is 5.69 Å². The standard InChI is InChI=1S/C29H27N3O5/c33-28(21-10-13-29(27(16-21)32(34)35)37-19-20-6-2-1-3-7-20)18-30-14-15-36-22-11-12-24-23-8-4-5-9-25(23)31-26(24)17-22/h1-13,16-17,28,30-31,33H,14-15,18-19H2. The minimum Gasteiger partial charge on any atom is -0.492 e. The number of benzene rings is 4. The molecule has 3 N–H and O–H groups in total. The van der Waals surface area contributed by atoms with E-state index in [4.69, 9.17) is 9.47 Å². The van der Waals surface area contributed by atoms with Gasteiger partial charge in [0.05, 0.1) is 16.5 Å². The molecule has 188 valence electrons. The van der Waals surface area contributed by atoms with Gasteiger partial charge < -0.3 is 24.9 Å². The van der Waals surface area contributed by atoms with Gasteiger partial charge in [-0.05, 0) is 35.4 Å².